The summed E-state index contributed by atoms with van der Waals surface area (Å²) in [4.78, 5) is 11.9. The normalized spacial score (nSPS) is 10.7. The van der Waals surface area contributed by atoms with Gasteiger partial charge in [0.25, 0.3) is 5.91 Å². The molecule has 0 aliphatic carbocycles. The van der Waals surface area contributed by atoms with Gasteiger partial charge in [0.1, 0.15) is 0 Å². The third kappa shape index (κ3) is 4.71. The maximum absolute atomic E-state index is 11.9. The van der Waals surface area contributed by atoms with Gasteiger partial charge >= 0.3 is 0 Å². The maximum Gasteiger partial charge on any atom is 0.271 e. The van der Waals surface area contributed by atoms with Crippen molar-refractivity contribution in [1.29, 1.82) is 0 Å². The minimum Gasteiger partial charge on any atom is -0.503 e. The van der Waals surface area contributed by atoms with Crippen molar-refractivity contribution in [3.05, 3.63) is 57.0 Å². The first kappa shape index (κ1) is 17.3. The second-order valence-corrected chi connectivity index (χ2v) is 5.78. The lowest BCUT2D eigenvalue weighted by Crippen LogP contribution is -2.17. The van der Waals surface area contributed by atoms with Crippen LogP contribution in [0.25, 0.3) is 0 Å². The lowest BCUT2D eigenvalue weighted by Gasteiger charge is -2.08. The summed E-state index contributed by atoms with van der Waals surface area (Å²) in [5.41, 5.74) is 3.54. The molecule has 2 aromatic rings. The molecule has 0 spiro atoms. The molecule has 2 rings (SSSR count). The molecule has 2 aromatic carbocycles. The predicted octanol–water partition coefficient (Wildman–Crippen LogP) is 3.97. The topological polar surface area (TPSA) is 70.9 Å². The second kappa shape index (κ2) is 7.99. The summed E-state index contributed by atoms with van der Waals surface area (Å²) in [6.45, 7) is 2.24. The van der Waals surface area contributed by atoms with E-state index in [0.717, 1.165) is 0 Å². The molecule has 0 aromatic heterocycles. The minimum absolute atomic E-state index is 0.0224. The molecular formula is C16H14BrClN2O3. The lowest BCUT2D eigenvalue weighted by atomic mass is 10.2. The molecule has 0 atom stereocenters. The van der Waals surface area contributed by atoms with Gasteiger partial charge in [-0.15, -0.1) is 0 Å². The van der Waals surface area contributed by atoms with E-state index in [-0.39, 0.29) is 11.7 Å². The Morgan fingerprint density at radius 2 is 2.09 bits per heavy atom. The first-order valence-electron chi connectivity index (χ1n) is 6.75. The van der Waals surface area contributed by atoms with Gasteiger partial charge in [0, 0.05) is 10.6 Å². The average Bonchev–Trinajstić information content (AvgIpc) is 2.53. The summed E-state index contributed by atoms with van der Waals surface area (Å²) < 4.78 is 5.81. The number of phenolic OH excluding ortho intramolecular Hbond substituents is 1. The molecule has 23 heavy (non-hydrogen) atoms. The van der Waals surface area contributed by atoms with Crippen LogP contribution in [0.4, 0.5) is 0 Å². The molecule has 0 heterocycles. The fourth-order valence-electron chi connectivity index (χ4n) is 1.77. The van der Waals surface area contributed by atoms with E-state index in [1.54, 1.807) is 36.4 Å². The van der Waals surface area contributed by atoms with E-state index in [2.05, 4.69) is 26.5 Å². The van der Waals surface area contributed by atoms with Crippen molar-refractivity contribution in [2.75, 3.05) is 6.61 Å². The smallest absolute Gasteiger partial charge is 0.271 e. The number of amides is 1. The first-order chi connectivity index (χ1) is 11.0. The maximum atomic E-state index is 11.9. The number of hydrazone groups is 1. The molecule has 5 nitrogen and oxygen atoms in total. The highest BCUT2D eigenvalue weighted by atomic mass is 79.9. The van der Waals surface area contributed by atoms with Crippen molar-refractivity contribution in [2.24, 2.45) is 5.10 Å². The van der Waals surface area contributed by atoms with E-state index in [0.29, 0.717) is 33.0 Å². The molecule has 0 saturated heterocycles. The molecule has 1 amide bonds. The van der Waals surface area contributed by atoms with Gasteiger partial charge in [0.2, 0.25) is 0 Å². The molecule has 0 unspecified atom stereocenters. The Balaban J connectivity index is 2.08. The zero-order valence-corrected chi connectivity index (χ0v) is 14.6. The van der Waals surface area contributed by atoms with Crippen molar-refractivity contribution < 1.29 is 14.6 Å². The molecule has 120 valence electrons. The van der Waals surface area contributed by atoms with Crippen LogP contribution in [0, 0.1) is 0 Å². The zero-order valence-electron chi connectivity index (χ0n) is 12.2. The summed E-state index contributed by atoms with van der Waals surface area (Å²) in [6.07, 6.45) is 1.46. The highest BCUT2D eigenvalue weighted by Crippen LogP contribution is 2.34. The third-order valence-corrected chi connectivity index (χ3v) is 3.69. The molecule has 0 saturated carbocycles. The van der Waals surface area contributed by atoms with Crippen LogP contribution in [-0.2, 0) is 0 Å². The number of ether oxygens (including phenoxy) is 1. The van der Waals surface area contributed by atoms with Gasteiger partial charge in [-0.1, -0.05) is 11.6 Å². The Morgan fingerprint density at radius 3 is 2.74 bits per heavy atom. The Bertz CT molecular complexity index is 733. The van der Waals surface area contributed by atoms with Gasteiger partial charge in [-0.2, -0.15) is 5.10 Å². The summed E-state index contributed by atoms with van der Waals surface area (Å²) in [5, 5.41) is 14.3. The fraction of sp³-hybridized carbons (Fsp3) is 0.125. The summed E-state index contributed by atoms with van der Waals surface area (Å²) >= 11 is 9.01. The van der Waals surface area contributed by atoms with Crippen LogP contribution in [0.3, 0.4) is 0 Å². The summed E-state index contributed by atoms with van der Waals surface area (Å²) in [6, 6.07) is 9.77. The van der Waals surface area contributed by atoms with Gasteiger partial charge < -0.3 is 9.84 Å². The molecule has 2 N–H and O–H groups in total. The number of hydrogen-bond acceptors (Lipinski definition) is 4. The van der Waals surface area contributed by atoms with E-state index >= 15 is 0 Å². The molecule has 0 aliphatic rings. The standard InChI is InChI=1S/C16H14BrClN2O3/c1-2-23-14-8-10(7-13(17)15(14)21)9-19-20-16(22)11-3-5-12(18)6-4-11/h3-9,21H,2H2,1H3,(H,20,22)/b19-9-. The Morgan fingerprint density at radius 1 is 1.39 bits per heavy atom. The first-order valence-corrected chi connectivity index (χ1v) is 7.92. The van der Waals surface area contributed by atoms with Gasteiger partial charge in [-0.25, -0.2) is 5.43 Å². The Hall–Kier alpha value is -2.05. The van der Waals surface area contributed by atoms with Crippen LogP contribution < -0.4 is 10.2 Å². The van der Waals surface area contributed by atoms with Crippen LogP contribution in [0.2, 0.25) is 5.02 Å². The molecule has 0 radical (unpaired) electrons. The van der Waals surface area contributed by atoms with Crippen LogP contribution in [0.5, 0.6) is 11.5 Å². The highest BCUT2D eigenvalue weighted by molar-refractivity contribution is 9.10. The largest absolute Gasteiger partial charge is 0.503 e. The minimum atomic E-state index is -0.346. The highest BCUT2D eigenvalue weighted by Gasteiger charge is 2.08. The van der Waals surface area contributed by atoms with Crippen molar-refractivity contribution in [3.8, 4) is 11.5 Å². The average molecular weight is 398 g/mol. The van der Waals surface area contributed by atoms with Gasteiger partial charge in [0.05, 0.1) is 17.3 Å². The number of carbonyl (C=O) groups is 1. The summed E-state index contributed by atoms with van der Waals surface area (Å²) in [7, 11) is 0. The van der Waals surface area contributed by atoms with Crippen LogP contribution >= 0.6 is 27.5 Å². The molecular weight excluding hydrogens is 384 g/mol. The number of hydrogen-bond donors (Lipinski definition) is 2. The van der Waals surface area contributed by atoms with E-state index in [1.165, 1.54) is 6.21 Å². The monoisotopic (exact) mass is 396 g/mol. The van der Waals surface area contributed by atoms with Crippen molar-refractivity contribution in [2.45, 2.75) is 6.92 Å². The predicted molar refractivity (Wildman–Crippen MR) is 93.5 cm³/mol. The number of benzene rings is 2. The Labute approximate surface area is 147 Å². The molecule has 0 bridgehead atoms. The quantitative estimate of drug-likeness (QED) is 0.592. The van der Waals surface area contributed by atoms with Gasteiger partial charge in [-0.3, -0.25) is 4.79 Å². The van der Waals surface area contributed by atoms with Gasteiger partial charge in [-0.05, 0) is 64.8 Å². The van der Waals surface area contributed by atoms with E-state index in [1.807, 2.05) is 6.92 Å². The van der Waals surface area contributed by atoms with E-state index in [9.17, 15) is 9.90 Å². The number of aromatic hydroxyl groups is 1. The van der Waals surface area contributed by atoms with Gasteiger partial charge in [0.15, 0.2) is 11.5 Å². The number of carbonyl (C=O) groups excluding carboxylic acids is 1. The number of nitrogens with one attached hydrogen (secondary N) is 1. The fourth-order valence-corrected chi connectivity index (χ4v) is 2.35. The Kier molecular flexibility index (Phi) is 6.01. The number of phenols is 1. The SMILES string of the molecule is CCOc1cc(/C=N\NC(=O)c2ccc(Cl)cc2)cc(Br)c1O. The number of halogens is 2. The third-order valence-electron chi connectivity index (χ3n) is 2.84. The van der Waals surface area contributed by atoms with Crippen LogP contribution in [-0.4, -0.2) is 23.8 Å². The number of nitrogens with zero attached hydrogens (tertiary/aromatic N) is 1. The summed E-state index contributed by atoms with van der Waals surface area (Å²) in [5.74, 6) is 0.0161. The lowest BCUT2D eigenvalue weighted by molar-refractivity contribution is 0.0955. The number of rotatable bonds is 5. The molecule has 0 fully saturated rings. The van der Waals surface area contributed by atoms with Crippen molar-refractivity contribution in [1.82, 2.24) is 5.43 Å². The molecule has 0 aliphatic heterocycles. The zero-order chi connectivity index (χ0) is 16.8. The van der Waals surface area contributed by atoms with Crippen molar-refractivity contribution in [3.63, 3.8) is 0 Å². The van der Waals surface area contributed by atoms with E-state index in [4.69, 9.17) is 16.3 Å². The van der Waals surface area contributed by atoms with Crippen LogP contribution in [0.1, 0.15) is 22.8 Å². The molecule has 7 heteroatoms. The van der Waals surface area contributed by atoms with Crippen molar-refractivity contribution >= 4 is 39.7 Å². The van der Waals surface area contributed by atoms with Crippen LogP contribution in [0.15, 0.2) is 46.0 Å². The second-order valence-electron chi connectivity index (χ2n) is 4.49. The van der Waals surface area contributed by atoms with E-state index < -0.39 is 0 Å².